The highest BCUT2D eigenvalue weighted by Gasteiger charge is 2.38. The first-order chi connectivity index (χ1) is 15.5. The molecule has 0 spiro atoms. The second-order valence-electron chi connectivity index (χ2n) is 7.74. The van der Waals surface area contributed by atoms with Crippen LogP contribution in [0, 0.1) is 0 Å². The number of likely N-dealkylation sites (tertiary alicyclic amines) is 1. The Balaban J connectivity index is 1.77. The molecule has 1 aromatic heterocycles. The number of pyridine rings is 1. The summed E-state index contributed by atoms with van der Waals surface area (Å²) < 4.78 is 10.9. The van der Waals surface area contributed by atoms with Crippen LogP contribution in [-0.4, -0.2) is 30.0 Å². The lowest BCUT2D eigenvalue weighted by Gasteiger charge is -2.41. The van der Waals surface area contributed by atoms with Gasteiger partial charge in [-0.25, -0.2) is 0 Å². The van der Waals surface area contributed by atoms with Gasteiger partial charge in [0.15, 0.2) is 0 Å². The predicted octanol–water partition coefficient (Wildman–Crippen LogP) is 6.05. The first-order valence-electron chi connectivity index (χ1n) is 10.4. The summed E-state index contributed by atoms with van der Waals surface area (Å²) in [5, 5.41) is 1.28. The molecule has 2 aromatic carbocycles. The van der Waals surface area contributed by atoms with Crippen molar-refractivity contribution >= 4 is 29.1 Å². The van der Waals surface area contributed by atoms with Crippen LogP contribution in [0.3, 0.4) is 0 Å². The van der Waals surface area contributed by atoms with E-state index in [-0.39, 0.29) is 17.9 Å². The second-order valence-corrected chi connectivity index (χ2v) is 8.61. The number of ether oxygens (including phenoxy) is 2. The van der Waals surface area contributed by atoms with Crippen molar-refractivity contribution in [3.05, 3.63) is 87.7 Å². The number of carbonyl (C=O) groups excluding carboxylic acids is 1. The van der Waals surface area contributed by atoms with Crippen molar-refractivity contribution in [2.75, 3.05) is 14.2 Å². The van der Waals surface area contributed by atoms with Gasteiger partial charge in [-0.05, 0) is 48.4 Å². The van der Waals surface area contributed by atoms with Crippen LogP contribution in [-0.2, 0) is 11.3 Å². The van der Waals surface area contributed by atoms with Crippen LogP contribution in [0.25, 0.3) is 0 Å². The first-order valence-corrected chi connectivity index (χ1v) is 11.1. The van der Waals surface area contributed by atoms with E-state index in [1.807, 2.05) is 53.4 Å². The van der Waals surface area contributed by atoms with Crippen LogP contribution in [0.15, 0.2) is 60.8 Å². The normalized spacial score (nSPS) is 18.5. The zero-order valence-corrected chi connectivity index (χ0v) is 19.4. The Bertz CT molecular complexity index is 1100. The summed E-state index contributed by atoms with van der Waals surface area (Å²) in [6.07, 6.45) is 2.83. The lowest BCUT2D eigenvalue weighted by atomic mass is 9.81. The molecule has 7 heteroatoms. The van der Waals surface area contributed by atoms with Gasteiger partial charge < -0.3 is 14.4 Å². The van der Waals surface area contributed by atoms with E-state index >= 15 is 0 Å². The maximum atomic E-state index is 13.2. The zero-order chi connectivity index (χ0) is 22.7. The number of rotatable bonds is 6. The topological polar surface area (TPSA) is 51.7 Å². The number of hydrogen-bond donors (Lipinski definition) is 0. The minimum absolute atomic E-state index is 0.00295. The molecule has 5 nitrogen and oxygen atoms in total. The molecule has 2 heterocycles. The van der Waals surface area contributed by atoms with Crippen LogP contribution in [0.5, 0.6) is 11.5 Å². The van der Waals surface area contributed by atoms with Crippen LogP contribution >= 0.6 is 23.2 Å². The summed E-state index contributed by atoms with van der Waals surface area (Å²) in [7, 11) is 3.23. The summed E-state index contributed by atoms with van der Waals surface area (Å²) in [4.78, 5) is 19.7. The van der Waals surface area contributed by atoms with E-state index in [9.17, 15) is 4.79 Å². The summed E-state index contributed by atoms with van der Waals surface area (Å²) in [5.74, 6) is 1.46. The average Bonchev–Trinajstić information content (AvgIpc) is 2.81. The number of benzene rings is 2. The SMILES string of the molecule is COc1ccc(CN2C(=O)CC[C@@H](c3cc(Cl)ccn3)[C@@H]2c2ccc(Cl)cc2)c(OC)c1. The summed E-state index contributed by atoms with van der Waals surface area (Å²) >= 11 is 12.4. The van der Waals surface area contributed by atoms with Crippen molar-refractivity contribution in [2.24, 2.45) is 0 Å². The molecule has 32 heavy (non-hydrogen) atoms. The fourth-order valence-corrected chi connectivity index (χ4v) is 4.61. The van der Waals surface area contributed by atoms with E-state index in [0.29, 0.717) is 40.9 Å². The number of nitrogens with zero attached hydrogens (tertiary/aromatic N) is 2. The number of halogens is 2. The van der Waals surface area contributed by atoms with Crippen molar-refractivity contribution in [2.45, 2.75) is 31.3 Å². The minimum Gasteiger partial charge on any atom is -0.497 e. The standard InChI is InChI=1S/C25H24Cl2N2O3/c1-31-20-8-5-17(23(14-20)32-2)15-29-24(30)10-9-21(22-13-19(27)11-12-28-22)25(29)16-3-6-18(26)7-4-16/h3-8,11-14,21,25H,9-10,15H2,1-2H3/t21-,25-/m0/s1. The Morgan fingerprint density at radius 3 is 2.47 bits per heavy atom. The highest BCUT2D eigenvalue weighted by atomic mass is 35.5. The number of amides is 1. The van der Waals surface area contributed by atoms with Gasteiger partial charge in [0.1, 0.15) is 11.5 Å². The average molecular weight is 471 g/mol. The Morgan fingerprint density at radius 2 is 1.78 bits per heavy atom. The Kier molecular flexibility index (Phi) is 6.87. The molecule has 166 valence electrons. The quantitative estimate of drug-likeness (QED) is 0.439. The smallest absolute Gasteiger partial charge is 0.223 e. The Labute approximate surface area is 197 Å². The van der Waals surface area contributed by atoms with E-state index in [1.165, 1.54) is 0 Å². The van der Waals surface area contributed by atoms with E-state index in [0.717, 1.165) is 16.8 Å². The van der Waals surface area contributed by atoms with E-state index in [1.54, 1.807) is 26.5 Å². The fourth-order valence-electron chi connectivity index (χ4n) is 4.31. The lowest BCUT2D eigenvalue weighted by Crippen LogP contribution is -2.41. The summed E-state index contributed by atoms with van der Waals surface area (Å²) in [5.41, 5.74) is 2.78. The molecule has 2 atom stereocenters. The molecule has 0 saturated carbocycles. The van der Waals surface area contributed by atoms with Crippen LogP contribution < -0.4 is 9.47 Å². The third-order valence-electron chi connectivity index (χ3n) is 5.88. The highest BCUT2D eigenvalue weighted by Crippen LogP contribution is 2.44. The van der Waals surface area contributed by atoms with Crippen molar-refractivity contribution in [3.8, 4) is 11.5 Å². The molecule has 1 saturated heterocycles. The predicted molar refractivity (Wildman–Crippen MR) is 126 cm³/mol. The third kappa shape index (κ3) is 4.69. The molecule has 0 radical (unpaired) electrons. The molecule has 4 rings (SSSR count). The van der Waals surface area contributed by atoms with Crippen molar-refractivity contribution in [1.82, 2.24) is 9.88 Å². The van der Waals surface area contributed by atoms with E-state index < -0.39 is 0 Å². The first kappa shape index (κ1) is 22.4. The van der Waals surface area contributed by atoms with Gasteiger partial charge in [-0.15, -0.1) is 0 Å². The largest absolute Gasteiger partial charge is 0.497 e. The van der Waals surface area contributed by atoms with Crippen molar-refractivity contribution in [1.29, 1.82) is 0 Å². The van der Waals surface area contributed by atoms with Gasteiger partial charge in [0.25, 0.3) is 0 Å². The Hall–Kier alpha value is -2.76. The van der Waals surface area contributed by atoms with Gasteiger partial charge in [0, 0.05) is 52.4 Å². The third-order valence-corrected chi connectivity index (χ3v) is 6.36. The van der Waals surface area contributed by atoms with Gasteiger partial charge >= 0.3 is 0 Å². The monoisotopic (exact) mass is 470 g/mol. The molecular formula is C25H24Cl2N2O3. The lowest BCUT2D eigenvalue weighted by molar-refractivity contribution is -0.138. The second kappa shape index (κ2) is 9.80. The molecule has 1 aliphatic rings. The molecule has 0 unspecified atom stereocenters. The number of methoxy groups -OCH3 is 2. The van der Waals surface area contributed by atoms with Gasteiger partial charge in [-0.3, -0.25) is 9.78 Å². The molecular weight excluding hydrogens is 447 g/mol. The maximum absolute atomic E-state index is 13.2. The fraction of sp³-hybridized carbons (Fsp3) is 0.280. The van der Waals surface area contributed by atoms with Crippen molar-refractivity contribution < 1.29 is 14.3 Å². The number of piperidine rings is 1. The molecule has 1 fully saturated rings. The number of aromatic nitrogens is 1. The molecule has 1 amide bonds. The van der Waals surface area contributed by atoms with Crippen molar-refractivity contribution in [3.63, 3.8) is 0 Å². The van der Waals surface area contributed by atoms with E-state index in [4.69, 9.17) is 32.7 Å². The maximum Gasteiger partial charge on any atom is 0.223 e. The summed E-state index contributed by atoms with van der Waals surface area (Å²) in [6, 6.07) is 16.7. The van der Waals surface area contributed by atoms with Gasteiger partial charge in [0.05, 0.1) is 20.3 Å². The minimum atomic E-state index is -0.216. The van der Waals surface area contributed by atoms with Gasteiger partial charge in [-0.1, -0.05) is 35.3 Å². The highest BCUT2D eigenvalue weighted by molar-refractivity contribution is 6.30. The Morgan fingerprint density at radius 1 is 1.00 bits per heavy atom. The molecule has 1 aliphatic heterocycles. The van der Waals surface area contributed by atoms with Gasteiger partial charge in [-0.2, -0.15) is 0 Å². The molecule has 0 N–H and O–H groups in total. The number of carbonyl (C=O) groups is 1. The molecule has 3 aromatic rings. The summed E-state index contributed by atoms with van der Waals surface area (Å²) in [6.45, 7) is 0.399. The van der Waals surface area contributed by atoms with Crippen LogP contribution in [0.1, 0.15) is 41.6 Å². The van der Waals surface area contributed by atoms with E-state index in [2.05, 4.69) is 4.98 Å². The van der Waals surface area contributed by atoms with Crippen LogP contribution in [0.2, 0.25) is 10.0 Å². The van der Waals surface area contributed by atoms with Gasteiger partial charge in [0.2, 0.25) is 5.91 Å². The zero-order valence-electron chi connectivity index (χ0n) is 17.9. The van der Waals surface area contributed by atoms with Crippen LogP contribution in [0.4, 0.5) is 0 Å². The number of hydrogen-bond acceptors (Lipinski definition) is 4. The molecule has 0 aliphatic carbocycles. The molecule has 0 bridgehead atoms.